The molecular formula is C14H25N3O. The Labute approximate surface area is 110 Å². The van der Waals surface area contributed by atoms with Crippen molar-refractivity contribution in [3.05, 3.63) is 12.4 Å². The van der Waals surface area contributed by atoms with E-state index in [1.54, 1.807) is 6.33 Å². The number of anilines is 1. The second-order valence-corrected chi connectivity index (χ2v) is 5.11. The SMILES string of the molecule is CCCOc1cc(NC(C)CCC(C)C)ncn1. The van der Waals surface area contributed by atoms with E-state index in [0.717, 1.165) is 24.6 Å². The van der Waals surface area contributed by atoms with Crippen LogP contribution >= 0.6 is 0 Å². The van der Waals surface area contributed by atoms with Crippen molar-refractivity contribution < 1.29 is 4.74 Å². The lowest BCUT2D eigenvalue weighted by molar-refractivity contribution is 0.305. The highest BCUT2D eigenvalue weighted by Gasteiger charge is 2.06. The molecule has 0 radical (unpaired) electrons. The zero-order valence-corrected chi connectivity index (χ0v) is 11.9. The van der Waals surface area contributed by atoms with Crippen molar-refractivity contribution >= 4 is 5.82 Å². The van der Waals surface area contributed by atoms with E-state index in [4.69, 9.17) is 4.74 Å². The minimum Gasteiger partial charge on any atom is -0.478 e. The van der Waals surface area contributed by atoms with Crippen molar-refractivity contribution in [2.45, 2.75) is 53.0 Å². The predicted molar refractivity (Wildman–Crippen MR) is 75.0 cm³/mol. The number of rotatable bonds is 8. The molecule has 1 atom stereocenters. The first-order chi connectivity index (χ1) is 8.61. The van der Waals surface area contributed by atoms with Gasteiger partial charge in [-0.2, -0.15) is 0 Å². The van der Waals surface area contributed by atoms with E-state index in [0.29, 0.717) is 18.5 Å². The Kier molecular flexibility index (Phi) is 6.47. The van der Waals surface area contributed by atoms with E-state index in [9.17, 15) is 0 Å². The predicted octanol–water partition coefficient (Wildman–Crippen LogP) is 3.50. The minimum atomic E-state index is 0.418. The molecule has 1 unspecified atom stereocenters. The topological polar surface area (TPSA) is 47.0 Å². The summed E-state index contributed by atoms with van der Waals surface area (Å²) < 4.78 is 5.48. The van der Waals surface area contributed by atoms with Crippen LogP contribution in [0.25, 0.3) is 0 Å². The molecule has 0 fully saturated rings. The fourth-order valence-corrected chi connectivity index (χ4v) is 1.61. The Morgan fingerprint density at radius 1 is 1.22 bits per heavy atom. The van der Waals surface area contributed by atoms with E-state index in [-0.39, 0.29) is 0 Å². The van der Waals surface area contributed by atoms with Crippen LogP contribution in [0.2, 0.25) is 0 Å². The third-order valence-corrected chi connectivity index (χ3v) is 2.67. The van der Waals surface area contributed by atoms with E-state index < -0.39 is 0 Å². The van der Waals surface area contributed by atoms with Gasteiger partial charge in [-0.3, -0.25) is 0 Å². The van der Waals surface area contributed by atoms with Crippen LogP contribution in [0.3, 0.4) is 0 Å². The molecule has 0 amide bonds. The molecule has 4 heteroatoms. The highest BCUT2D eigenvalue weighted by molar-refractivity contribution is 5.37. The number of nitrogens with one attached hydrogen (secondary N) is 1. The fraction of sp³-hybridized carbons (Fsp3) is 0.714. The first-order valence-electron chi connectivity index (χ1n) is 6.83. The molecule has 1 aromatic heterocycles. The molecule has 0 bridgehead atoms. The van der Waals surface area contributed by atoms with E-state index in [1.807, 2.05) is 6.07 Å². The largest absolute Gasteiger partial charge is 0.478 e. The van der Waals surface area contributed by atoms with Gasteiger partial charge in [-0.25, -0.2) is 9.97 Å². The van der Waals surface area contributed by atoms with Gasteiger partial charge in [-0.15, -0.1) is 0 Å². The van der Waals surface area contributed by atoms with Crippen molar-refractivity contribution in [3.8, 4) is 5.88 Å². The third-order valence-electron chi connectivity index (χ3n) is 2.67. The molecule has 1 aromatic rings. The summed E-state index contributed by atoms with van der Waals surface area (Å²) in [6.45, 7) is 9.44. The lowest BCUT2D eigenvalue weighted by atomic mass is 10.0. The van der Waals surface area contributed by atoms with Crippen LogP contribution in [-0.4, -0.2) is 22.6 Å². The Morgan fingerprint density at radius 2 is 2.00 bits per heavy atom. The van der Waals surface area contributed by atoms with Crippen LogP contribution in [-0.2, 0) is 0 Å². The van der Waals surface area contributed by atoms with Crippen LogP contribution in [0.1, 0.15) is 47.0 Å². The zero-order valence-electron chi connectivity index (χ0n) is 11.9. The zero-order chi connectivity index (χ0) is 13.4. The molecule has 1 rings (SSSR count). The summed E-state index contributed by atoms with van der Waals surface area (Å²) in [5.74, 6) is 2.22. The molecule has 4 nitrogen and oxygen atoms in total. The van der Waals surface area contributed by atoms with Gasteiger partial charge in [-0.05, 0) is 32.1 Å². The molecule has 0 aliphatic heterocycles. The smallest absolute Gasteiger partial charge is 0.218 e. The maximum Gasteiger partial charge on any atom is 0.218 e. The number of hydrogen-bond donors (Lipinski definition) is 1. The summed E-state index contributed by atoms with van der Waals surface area (Å²) in [7, 11) is 0. The van der Waals surface area contributed by atoms with E-state index in [2.05, 4.69) is 43.0 Å². The van der Waals surface area contributed by atoms with Crippen molar-refractivity contribution in [2.75, 3.05) is 11.9 Å². The molecule has 18 heavy (non-hydrogen) atoms. The molecule has 0 saturated heterocycles. The van der Waals surface area contributed by atoms with Gasteiger partial charge < -0.3 is 10.1 Å². The Balaban J connectivity index is 2.45. The van der Waals surface area contributed by atoms with Gasteiger partial charge in [0, 0.05) is 12.1 Å². The summed E-state index contributed by atoms with van der Waals surface area (Å²) in [5.41, 5.74) is 0. The number of aromatic nitrogens is 2. The number of ether oxygens (including phenoxy) is 1. The van der Waals surface area contributed by atoms with Gasteiger partial charge in [-0.1, -0.05) is 20.8 Å². The number of nitrogens with zero attached hydrogens (tertiary/aromatic N) is 2. The van der Waals surface area contributed by atoms with Gasteiger partial charge in [0.15, 0.2) is 0 Å². The average Bonchev–Trinajstić information content (AvgIpc) is 2.34. The van der Waals surface area contributed by atoms with Gasteiger partial charge >= 0.3 is 0 Å². The van der Waals surface area contributed by atoms with Crippen molar-refractivity contribution in [3.63, 3.8) is 0 Å². The molecule has 0 saturated carbocycles. The molecule has 1 N–H and O–H groups in total. The summed E-state index contributed by atoms with van der Waals surface area (Å²) in [5, 5.41) is 3.38. The summed E-state index contributed by atoms with van der Waals surface area (Å²) in [6, 6.07) is 2.28. The van der Waals surface area contributed by atoms with Crippen LogP contribution in [0.4, 0.5) is 5.82 Å². The average molecular weight is 251 g/mol. The fourth-order valence-electron chi connectivity index (χ4n) is 1.61. The summed E-state index contributed by atoms with van der Waals surface area (Å²) in [6.07, 6.45) is 4.89. The first kappa shape index (κ1) is 14.7. The second kappa shape index (κ2) is 7.90. The molecule has 0 aromatic carbocycles. The van der Waals surface area contributed by atoms with Crippen LogP contribution in [0, 0.1) is 5.92 Å². The molecule has 0 spiro atoms. The lowest BCUT2D eigenvalue weighted by Gasteiger charge is -2.15. The van der Waals surface area contributed by atoms with E-state index >= 15 is 0 Å². The molecule has 1 heterocycles. The van der Waals surface area contributed by atoms with Crippen molar-refractivity contribution in [2.24, 2.45) is 5.92 Å². The Morgan fingerprint density at radius 3 is 2.67 bits per heavy atom. The molecule has 0 aliphatic carbocycles. The highest BCUT2D eigenvalue weighted by atomic mass is 16.5. The van der Waals surface area contributed by atoms with Gasteiger partial charge in [0.2, 0.25) is 5.88 Å². The molecular weight excluding hydrogens is 226 g/mol. The third kappa shape index (κ3) is 5.84. The standard InChI is InChI=1S/C14H25N3O/c1-5-8-18-14-9-13(15-10-16-14)17-12(4)7-6-11(2)3/h9-12H,5-8H2,1-4H3,(H,15,16,17). The van der Waals surface area contributed by atoms with Gasteiger partial charge in [0.25, 0.3) is 0 Å². The first-order valence-corrected chi connectivity index (χ1v) is 6.83. The monoisotopic (exact) mass is 251 g/mol. The Bertz CT molecular complexity index is 342. The summed E-state index contributed by atoms with van der Waals surface area (Å²) >= 11 is 0. The lowest BCUT2D eigenvalue weighted by Crippen LogP contribution is -2.16. The van der Waals surface area contributed by atoms with Crippen LogP contribution < -0.4 is 10.1 Å². The summed E-state index contributed by atoms with van der Waals surface area (Å²) in [4.78, 5) is 8.30. The molecule has 0 aliphatic rings. The van der Waals surface area contributed by atoms with Crippen LogP contribution in [0.15, 0.2) is 12.4 Å². The number of hydrogen-bond acceptors (Lipinski definition) is 4. The second-order valence-electron chi connectivity index (χ2n) is 5.11. The maximum atomic E-state index is 5.48. The maximum absolute atomic E-state index is 5.48. The highest BCUT2D eigenvalue weighted by Crippen LogP contribution is 2.14. The molecule has 102 valence electrons. The quantitative estimate of drug-likeness (QED) is 0.768. The Hall–Kier alpha value is -1.32. The van der Waals surface area contributed by atoms with Gasteiger partial charge in [0.1, 0.15) is 12.1 Å². The van der Waals surface area contributed by atoms with E-state index in [1.165, 1.54) is 6.42 Å². The van der Waals surface area contributed by atoms with Gasteiger partial charge in [0.05, 0.1) is 6.61 Å². The van der Waals surface area contributed by atoms with Crippen molar-refractivity contribution in [1.29, 1.82) is 0 Å². The van der Waals surface area contributed by atoms with Crippen LogP contribution in [0.5, 0.6) is 5.88 Å². The normalized spacial score (nSPS) is 12.5. The minimum absolute atomic E-state index is 0.418. The van der Waals surface area contributed by atoms with Crippen molar-refractivity contribution in [1.82, 2.24) is 9.97 Å².